The number of rotatable bonds is 6. The molecule has 0 aliphatic heterocycles. The predicted octanol–water partition coefficient (Wildman–Crippen LogP) is 1.56. The van der Waals surface area contributed by atoms with Crippen molar-refractivity contribution in [1.82, 2.24) is 5.48 Å². The van der Waals surface area contributed by atoms with E-state index in [1.807, 2.05) is 30.3 Å². The van der Waals surface area contributed by atoms with E-state index in [9.17, 15) is 9.59 Å². The molecule has 0 radical (unpaired) electrons. The van der Waals surface area contributed by atoms with Crippen LogP contribution in [0.4, 0.5) is 0 Å². The van der Waals surface area contributed by atoms with Crippen LogP contribution in [0.2, 0.25) is 0 Å². The van der Waals surface area contributed by atoms with Gasteiger partial charge in [-0.05, 0) is 32.8 Å². The highest BCUT2D eigenvalue weighted by molar-refractivity contribution is 6.31. The molecule has 6 heteroatoms. The first-order valence-corrected chi connectivity index (χ1v) is 6.56. The summed E-state index contributed by atoms with van der Waals surface area (Å²) >= 11 is 0. The van der Waals surface area contributed by atoms with Crippen LogP contribution in [0, 0.1) is 5.92 Å². The largest absolute Gasteiger partial charge is 0.361 e. The fourth-order valence-corrected chi connectivity index (χ4v) is 1.59. The minimum Gasteiger partial charge on any atom is -0.361 e. The van der Waals surface area contributed by atoms with E-state index in [0.717, 1.165) is 11.8 Å². The summed E-state index contributed by atoms with van der Waals surface area (Å²) < 4.78 is 0. The van der Waals surface area contributed by atoms with Crippen LogP contribution >= 0.6 is 0 Å². The number of ketones is 1. The average Bonchev–Trinajstić information content (AvgIpc) is 2.43. The molecule has 21 heavy (non-hydrogen) atoms. The van der Waals surface area contributed by atoms with E-state index in [1.54, 1.807) is 20.8 Å². The van der Waals surface area contributed by atoms with Crippen molar-refractivity contribution in [3.05, 3.63) is 41.4 Å². The van der Waals surface area contributed by atoms with Gasteiger partial charge in [0.05, 0.1) is 5.60 Å². The molecule has 0 saturated carbocycles. The number of benzene rings is 1. The van der Waals surface area contributed by atoms with Gasteiger partial charge in [-0.25, -0.2) is 5.48 Å². The second-order valence-electron chi connectivity index (χ2n) is 5.57. The maximum atomic E-state index is 12.1. The van der Waals surface area contributed by atoms with Crippen molar-refractivity contribution in [2.24, 2.45) is 5.92 Å². The Morgan fingerprint density at radius 1 is 1.33 bits per heavy atom. The van der Waals surface area contributed by atoms with E-state index in [0.29, 0.717) is 0 Å². The van der Waals surface area contributed by atoms with Gasteiger partial charge in [0.1, 0.15) is 5.92 Å². The Labute approximate surface area is 123 Å². The van der Waals surface area contributed by atoms with Crippen molar-refractivity contribution in [3.8, 4) is 0 Å². The van der Waals surface area contributed by atoms with Crippen LogP contribution in [0.25, 0.3) is 5.53 Å². The Hall–Kier alpha value is -2.30. The average molecular weight is 289 g/mol. The quantitative estimate of drug-likeness (QED) is 0.283. The van der Waals surface area contributed by atoms with Crippen LogP contribution in [-0.4, -0.2) is 28.3 Å². The SMILES string of the molecule is CC(C)(C)ONC(=O)[C@@H](Cc1ccccc1)C(=O)C=[N+]=[N-]. The minimum atomic E-state index is -1.01. The van der Waals surface area contributed by atoms with E-state index in [1.165, 1.54) is 0 Å². The first-order chi connectivity index (χ1) is 9.83. The Kier molecular flexibility index (Phi) is 5.96. The first-order valence-electron chi connectivity index (χ1n) is 6.56. The smallest absolute Gasteiger partial charge is 0.323 e. The first kappa shape index (κ1) is 16.8. The molecule has 0 aliphatic carbocycles. The lowest BCUT2D eigenvalue weighted by Crippen LogP contribution is -2.41. The molecule has 1 aromatic rings. The van der Waals surface area contributed by atoms with Gasteiger partial charge in [0.25, 0.3) is 5.91 Å². The summed E-state index contributed by atoms with van der Waals surface area (Å²) in [6.07, 6.45) is 0.926. The number of hydrogen-bond donors (Lipinski definition) is 1. The van der Waals surface area contributed by atoms with E-state index < -0.39 is 23.2 Å². The van der Waals surface area contributed by atoms with Crippen molar-refractivity contribution in [2.45, 2.75) is 32.8 Å². The number of carbonyl (C=O) groups excluding carboxylic acids is 2. The zero-order valence-corrected chi connectivity index (χ0v) is 12.4. The molecule has 0 aliphatic rings. The second-order valence-corrected chi connectivity index (χ2v) is 5.57. The third-order valence-electron chi connectivity index (χ3n) is 2.59. The van der Waals surface area contributed by atoms with Crippen molar-refractivity contribution in [1.29, 1.82) is 0 Å². The van der Waals surface area contributed by atoms with Crippen molar-refractivity contribution in [3.63, 3.8) is 0 Å². The normalized spacial score (nSPS) is 12.1. The van der Waals surface area contributed by atoms with E-state index in [-0.39, 0.29) is 6.42 Å². The molecule has 0 unspecified atom stereocenters. The molecule has 0 fully saturated rings. The number of Topliss-reactive ketones (excluding diaryl/α,β-unsaturated/α-hetero) is 1. The molecule has 1 atom stereocenters. The Balaban J connectivity index is 2.84. The highest BCUT2D eigenvalue weighted by Gasteiger charge is 2.29. The van der Waals surface area contributed by atoms with E-state index in [2.05, 4.69) is 10.3 Å². The van der Waals surface area contributed by atoms with Gasteiger partial charge >= 0.3 is 6.21 Å². The number of carbonyl (C=O) groups is 2. The molecule has 1 aromatic carbocycles. The molecule has 6 nitrogen and oxygen atoms in total. The lowest BCUT2D eigenvalue weighted by atomic mass is 9.95. The van der Waals surface area contributed by atoms with E-state index >= 15 is 0 Å². The molecule has 0 heterocycles. The fourth-order valence-electron chi connectivity index (χ4n) is 1.59. The summed E-state index contributed by atoms with van der Waals surface area (Å²) in [5.41, 5.74) is 11.0. The summed E-state index contributed by atoms with van der Waals surface area (Å²) in [4.78, 5) is 31.9. The van der Waals surface area contributed by atoms with Gasteiger partial charge in [-0.15, -0.1) is 0 Å². The molecular weight excluding hydrogens is 270 g/mol. The molecule has 1 rings (SSSR count). The van der Waals surface area contributed by atoms with Crippen LogP contribution in [0.5, 0.6) is 0 Å². The molecule has 1 N–H and O–H groups in total. The lowest BCUT2D eigenvalue weighted by molar-refractivity contribution is -0.152. The van der Waals surface area contributed by atoms with Crippen molar-refractivity contribution in [2.75, 3.05) is 0 Å². The van der Waals surface area contributed by atoms with Crippen LogP contribution in [0.1, 0.15) is 26.3 Å². The topological polar surface area (TPSA) is 91.8 Å². The van der Waals surface area contributed by atoms with Crippen LogP contribution in [-0.2, 0) is 20.8 Å². The Morgan fingerprint density at radius 3 is 2.48 bits per heavy atom. The maximum Gasteiger partial charge on any atom is 0.323 e. The zero-order chi connectivity index (χ0) is 15.9. The Morgan fingerprint density at radius 2 is 1.95 bits per heavy atom. The summed E-state index contributed by atoms with van der Waals surface area (Å²) in [6.45, 7) is 5.32. The molecule has 0 saturated heterocycles. The zero-order valence-electron chi connectivity index (χ0n) is 12.4. The molecule has 112 valence electrons. The number of hydrogen-bond acceptors (Lipinski definition) is 3. The monoisotopic (exact) mass is 289 g/mol. The highest BCUT2D eigenvalue weighted by Crippen LogP contribution is 2.11. The van der Waals surface area contributed by atoms with Gasteiger partial charge in [-0.3, -0.25) is 14.4 Å². The van der Waals surface area contributed by atoms with Gasteiger partial charge in [-0.2, -0.15) is 4.79 Å². The Bertz CT molecular complexity index is 543. The van der Waals surface area contributed by atoms with Gasteiger partial charge in [0, 0.05) is 0 Å². The van der Waals surface area contributed by atoms with Crippen LogP contribution < -0.4 is 5.48 Å². The van der Waals surface area contributed by atoms with E-state index in [4.69, 9.17) is 10.4 Å². The van der Waals surface area contributed by atoms with Crippen LogP contribution in [0.15, 0.2) is 30.3 Å². The van der Waals surface area contributed by atoms with Crippen LogP contribution in [0.3, 0.4) is 0 Å². The molecular formula is C15H19N3O3. The van der Waals surface area contributed by atoms with Crippen molar-refractivity contribution >= 4 is 17.9 Å². The third-order valence-corrected chi connectivity index (χ3v) is 2.59. The lowest BCUT2D eigenvalue weighted by Gasteiger charge is -2.21. The number of nitrogens with zero attached hydrogens (tertiary/aromatic N) is 2. The fraction of sp³-hybridized carbons (Fsp3) is 0.400. The standard InChI is InChI=1S/C15H19N3O3/c1-15(2,3)21-18-14(20)12(13(19)10-17-16)9-11-7-5-4-6-8-11/h4-8,10,12H,9H2,1-3H3,(H,18,20)/t12-/m0/s1. The maximum absolute atomic E-state index is 12.1. The summed E-state index contributed by atoms with van der Waals surface area (Å²) in [5, 5.41) is 0. The summed E-state index contributed by atoms with van der Waals surface area (Å²) in [5.74, 6) is -2.17. The summed E-state index contributed by atoms with van der Waals surface area (Å²) in [6, 6.07) is 9.11. The minimum absolute atomic E-state index is 0.199. The van der Waals surface area contributed by atoms with Crippen molar-refractivity contribution < 1.29 is 19.2 Å². The molecule has 1 amide bonds. The number of nitrogens with one attached hydrogen (secondary N) is 1. The van der Waals surface area contributed by atoms with Gasteiger partial charge in [0.15, 0.2) is 0 Å². The molecule has 0 spiro atoms. The molecule has 0 bridgehead atoms. The van der Waals surface area contributed by atoms with Gasteiger partial charge < -0.3 is 5.53 Å². The van der Waals surface area contributed by atoms with Gasteiger partial charge in [0.2, 0.25) is 5.78 Å². The number of amides is 1. The third kappa shape index (κ3) is 6.12. The number of hydroxylamine groups is 1. The van der Waals surface area contributed by atoms with Gasteiger partial charge in [-0.1, -0.05) is 30.3 Å². The highest BCUT2D eigenvalue weighted by atomic mass is 16.7. The summed E-state index contributed by atoms with van der Waals surface area (Å²) in [7, 11) is 0. The molecule has 0 aromatic heterocycles. The second kappa shape index (κ2) is 7.47. The predicted molar refractivity (Wildman–Crippen MR) is 77.3 cm³/mol.